The van der Waals surface area contributed by atoms with Gasteiger partial charge in [-0.25, -0.2) is 0 Å². The zero-order chi connectivity index (χ0) is 22.5. The van der Waals surface area contributed by atoms with Gasteiger partial charge in [0.15, 0.2) is 5.82 Å². The molecule has 0 unspecified atom stereocenters. The van der Waals surface area contributed by atoms with Crippen LogP contribution >= 0.6 is 34.8 Å². The molecule has 160 valence electrons. The topological polar surface area (TPSA) is 66.9 Å². The lowest BCUT2D eigenvalue weighted by Crippen LogP contribution is -2.31. The first-order valence-corrected chi connectivity index (χ1v) is 10.8. The standard InChI is InChI=1S/C24H17Cl3N4O/c25-17-9-5-15(6-10-17)13-23(32)30-28-22-14-20(16-7-11-18(26)12-8-16)24(31-29-22)19-3-1-2-4-21(19)27/h1-12,14H,13H2,(H,28,29)(H,30,32). The summed E-state index contributed by atoms with van der Waals surface area (Å²) in [6, 6.07) is 23.7. The van der Waals surface area contributed by atoms with Crippen LogP contribution in [0.5, 0.6) is 0 Å². The number of carbonyl (C=O) groups excluding carboxylic acids is 1. The maximum absolute atomic E-state index is 12.3. The predicted octanol–water partition coefficient (Wildman–Crippen LogP) is 6.46. The van der Waals surface area contributed by atoms with Crippen LogP contribution in [0, 0.1) is 0 Å². The smallest absolute Gasteiger partial charge is 0.242 e. The third-order valence-corrected chi connectivity index (χ3v) is 5.52. The van der Waals surface area contributed by atoms with Gasteiger partial charge in [0, 0.05) is 21.2 Å². The minimum Gasteiger partial charge on any atom is -0.280 e. The quantitative estimate of drug-likeness (QED) is 0.309. The number of carbonyl (C=O) groups is 1. The van der Waals surface area contributed by atoms with Crippen molar-refractivity contribution in [3.8, 4) is 22.4 Å². The summed E-state index contributed by atoms with van der Waals surface area (Å²) in [5.74, 6) is 0.160. The predicted molar refractivity (Wildman–Crippen MR) is 130 cm³/mol. The van der Waals surface area contributed by atoms with Crippen molar-refractivity contribution in [2.75, 3.05) is 5.43 Å². The van der Waals surface area contributed by atoms with Crippen molar-refractivity contribution in [2.45, 2.75) is 6.42 Å². The Morgan fingerprint density at radius 1 is 0.781 bits per heavy atom. The number of nitrogens with zero attached hydrogens (tertiary/aromatic N) is 2. The summed E-state index contributed by atoms with van der Waals surface area (Å²) in [6.07, 6.45) is 0.194. The third kappa shape index (κ3) is 5.37. The van der Waals surface area contributed by atoms with Gasteiger partial charge in [0.25, 0.3) is 0 Å². The number of aromatic nitrogens is 2. The van der Waals surface area contributed by atoms with Crippen LogP contribution in [0.15, 0.2) is 78.9 Å². The molecule has 4 aromatic rings. The van der Waals surface area contributed by atoms with E-state index in [1.165, 1.54) is 0 Å². The molecule has 0 bridgehead atoms. The molecule has 2 N–H and O–H groups in total. The summed E-state index contributed by atoms with van der Waals surface area (Å²) in [5.41, 5.74) is 9.38. The average Bonchev–Trinajstić information content (AvgIpc) is 2.80. The number of hydrogen-bond donors (Lipinski definition) is 2. The molecule has 3 aromatic carbocycles. The highest BCUT2D eigenvalue weighted by Gasteiger charge is 2.15. The Kier molecular flexibility index (Phi) is 6.90. The summed E-state index contributed by atoms with van der Waals surface area (Å²) in [4.78, 5) is 12.3. The van der Waals surface area contributed by atoms with Crippen LogP contribution in [0.1, 0.15) is 5.56 Å². The second kappa shape index (κ2) is 10.0. The molecular formula is C24H17Cl3N4O. The van der Waals surface area contributed by atoms with Crippen LogP contribution in [0.4, 0.5) is 5.82 Å². The molecule has 8 heteroatoms. The highest BCUT2D eigenvalue weighted by atomic mass is 35.5. The fourth-order valence-corrected chi connectivity index (χ4v) is 3.60. The van der Waals surface area contributed by atoms with E-state index in [9.17, 15) is 4.79 Å². The van der Waals surface area contributed by atoms with Gasteiger partial charge in [-0.1, -0.05) is 77.3 Å². The molecule has 1 heterocycles. The first kappa shape index (κ1) is 22.1. The van der Waals surface area contributed by atoms with E-state index in [1.54, 1.807) is 48.5 Å². The lowest BCUT2D eigenvalue weighted by atomic mass is 10.00. The highest BCUT2D eigenvalue weighted by molar-refractivity contribution is 6.33. The van der Waals surface area contributed by atoms with Gasteiger partial charge in [0.2, 0.25) is 5.91 Å². The lowest BCUT2D eigenvalue weighted by Gasteiger charge is -2.13. The van der Waals surface area contributed by atoms with Gasteiger partial charge in [-0.3, -0.25) is 15.6 Å². The van der Waals surface area contributed by atoms with Crippen LogP contribution in [-0.2, 0) is 11.2 Å². The molecule has 0 aliphatic rings. The van der Waals surface area contributed by atoms with Crippen LogP contribution in [0.25, 0.3) is 22.4 Å². The van der Waals surface area contributed by atoms with E-state index in [4.69, 9.17) is 34.8 Å². The molecule has 0 atom stereocenters. The van der Waals surface area contributed by atoms with Crippen molar-refractivity contribution >= 4 is 46.5 Å². The minimum absolute atomic E-state index is 0.194. The van der Waals surface area contributed by atoms with Crippen LogP contribution in [0.2, 0.25) is 15.1 Å². The Balaban J connectivity index is 1.59. The van der Waals surface area contributed by atoms with Gasteiger partial charge in [-0.2, -0.15) is 0 Å². The Labute approximate surface area is 200 Å². The molecule has 0 aliphatic heterocycles. The van der Waals surface area contributed by atoms with Gasteiger partial charge in [0.05, 0.1) is 11.4 Å². The fraction of sp³-hybridized carbons (Fsp3) is 0.0417. The molecule has 4 rings (SSSR count). The minimum atomic E-state index is -0.225. The second-order valence-electron chi connectivity index (χ2n) is 6.96. The van der Waals surface area contributed by atoms with Gasteiger partial charge in [-0.15, -0.1) is 10.2 Å². The summed E-state index contributed by atoms with van der Waals surface area (Å²) in [5, 5.41) is 10.4. The average molecular weight is 484 g/mol. The number of nitrogens with one attached hydrogen (secondary N) is 2. The number of amides is 1. The van der Waals surface area contributed by atoms with Crippen LogP contribution in [-0.4, -0.2) is 16.1 Å². The van der Waals surface area contributed by atoms with Crippen molar-refractivity contribution in [1.29, 1.82) is 0 Å². The van der Waals surface area contributed by atoms with Gasteiger partial charge >= 0.3 is 0 Å². The summed E-state index contributed by atoms with van der Waals surface area (Å²) in [6.45, 7) is 0. The molecule has 0 radical (unpaired) electrons. The van der Waals surface area contributed by atoms with E-state index in [0.29, 0.717) is 26.6 Å². The Bertz CT molecular complexity index is 1250. The van der Waals surface area contributed by atoms with E-state index in [1.807, 2.05) is 30.3 Å². The van der Waals surface area contributed by atoms with E-state index in [2.05, 4.69) is 21.0 Å². The molecule has 1 aromatic heterocycles. The number of hydrogen-bond acceptors (Lipinski definition) is 4. The van der Waals surface area contributed by atoms with Crippen molar-refractivity contribution in [3.63, 3.8) is 0 Å². The normalized spacial score (nSPS) is 10.6. The molecule has 1 amide bonds. The fourth-order valence-electron chi connectivity index (χ4n) is 3.12. The van der Waals surface area contributed by atoms with Crippen LogP contribution in [0.3, 0.4) is 0 Å². The maximum Gasteiger partial charge on any atom is 0.242 e. The third-order valence-electron chi connectivity index (χ3n) is 4.69. The van der Waals surface area contributed by atoms with E-state index >= 15 is 0 Å². The van der Waals surface area contributed by atoms with Gasteiger partial charge in [0.1, 0.15) is 5.69 Å². The molecule has 0 saturated heterocycles. The lowest BCUT2D eigenvalue weighted by molar-refractivity contribution is -0.119. The van der Waals surface area contributed by atoms with E-state index < -0.39 is 0 Å². The van der Waals surface area contributed by atoms with Crippen molar-refractivity contribution < 1.29 is 4.79 Å². The van der Waals surface area contributed by atoms with Crippen molar-refractivity contribution in [3.05, 3.63) is 99.5 Å². The molecular weight excluding hydrogens is 467 g/mol. The summed E-state index contributed by atoms with van der Waals surface area (Å²) >= 11 is 18.3. The SMILES string of the molecule is O=C(Cc1ccc(Cl)cc1)NNc1cc(-c2ccc(Cl)cc2)c(-c2ccccc2Cl)nn1. The Morgan fingerprint density at radius 3 is 2.12 bits per heavy atom. The molecule has 5 nitrogen and oxygen atoms in total. The van der Waals surface area contributed by atoms with Gasteiger partial charge in [-0.05, 0) is 47.5 Å². The van der Waals surface area contributed by atoms with E-state index in [-0.39, 0.29) is 12.3 Å². The molecule has 0 spiro atoms. The Morgan fingerprint density at radius 2 is 1.44 bits per heavy atom. The number of anilines is 1. The van der Waals surface area contributed by atoms with Crippen molar-refractivity contribution in [2.24, 2.45) is 0 Å². The zero-order valence-electron chi connectivity index (χ0n) is 16.6. The number of benzene rings is 3. The number of rotatable bonds is 6. The first-order chi connectivity index (χ1) is 15.5. The first-order valence-electron chi connectivity index (χ1n) is 9.67. The van der Waals surface area contributed by atoms with Crippen molar-refractivity contribution in [1.82, 2.24) is 15.6 Å². The molecule has 0 saturated carbocycles. The molecule has 0 aliphatic carbocycles. The number of hydrazine groups is 1. The largest absolute Gasteiger partial charge is 0.280 e. The van der Waals surface area contributed by atoms with Gasteiger partial charge < -0.3 is 0 Å². The maximum atomic E-state index is 12.3. The molecule has 32 heavy (non-hydrogen) atoms. The van der Waals surface area contributed by atoms with E-state index in [0.717, 1.165) is 22.3 Å². The summed E-state index contributed by atoms with van der Waals surface area (Å²) < 4.78 is 0. The summed E-state index contributed by atoms with van der Waals surface area (Å²) in [7, 11) is 0. The monoisotopic (exact) mass is 482 g/mol. The second-order valence-corrected chi connectivity index (χ2v) is 8.24. The molecule has 0 fully saturated rings. The van der Waals surface area contributed by atoms with Crippen LogP contribution < -0.4 is 10.9 Å². The highest BCUT2D eigenvalue weighted by Crippen LogP contribution is 2.35. The zero-order valence-corrected chi connectivity index (χ0v) is 18.9. The number of halogens is 3. The Hall–Kier alpha value is -3.12.